The summed E-state index contributed by atoms with van der Waals surface area (Å²) in [6.07, 6.45) is 2.47. The first-order valence-corrected chi connectivity index (χ1v) is 5.02. The van der Waals surface area contributed by atoms with Crippen molar-refractivity contribution in [3.05, 3.63) is 0 Å². The fourth-order valence-corrected chi connectivity index (χ4v) is 2.24. The Bertz CT molecular complexity index is 169. The lowest BCUT2D eigenvalue weighted by atomic mass is 9.95. The Morgan fingerprint density at radius 1 is 1.42 bits per heavy atom. The van der Waals surface area contributed by atoms with E-state index in [1.165, 1.54) is 25.9 Å². The molecule has 1 saturated heterocycles. The van der Waals surface area contributed by atoms with Gasteiger partial charge in [0.15, 0.2) is 0 Å². The van der Waals surface area contributed by atoms with Crippen molar-refractivity contribution in [1.82, 2.24) is 4.90 Å². The van der Waals surface area contributed by atoms with Gasteiger partial charge in [-0.25, -0.2) is 0 Å². The van der Waals surface area contributed by atoms with E-state index in [1.807, 2.05) is 6.92 Å². The fraction of sp³-hybridized carbons (Fsp3) is 1.00. The van der Waals surface area contributed by atoms with Crippen LogP contribution in [0.15, 0.2) is 0 Å². The zero-order valence-corrected chi connectivity index (χ0v) is 8.08. The molecule has 1 aliphatic heterocycles. The van der Waals surface area contributed by atoms with Crippen molar-refractivity contribution < 1.29 is 5.11 Å². The van der Waals surface area contributed by atoms with E-state index in [1.54, 1.807) is 0 Å². The number of β-amino-alcohol motifs (C(OH)–C–C–N with tert-alkyl or cyclic N) is 1. The molecule has 0 radical (unpaired) electrons. The van der Waals surface area contributed by atoms with Gasteiger partial charge in [-0.3, -0.25) is 4.90 Å². The summed E-state index contributed by atoms with van der Waals surface area (Å²) in [5.74, 6) is 1.44. The second kappa shape index (κ2) is 2.71. The maximum atomic E-state index is 10.0. The summed E-state index contributed by atoms with van der Waals surface area (Å²) < 4.78 is 0. The van der Waals surface area contributed by atoms with Crippen LogP contribution in [0, 0.1) is 11.8 Å². The number of hydrogen-bond donors (Lipinski definition) is 1. The summed E-state index contributed by atoms with van der Waals surface area (Å²) in [6.45, 7) is 7.52. The maximum absolute atomic E-state index is 10.0. The third-order valence-electron chi connectivity index (χ3n) is 3.14. The van der Waals surface area contributed by atoms with Crippen molar-refractivity contribution in [3.8, 4) is 0 Å². The van der Waals surface area contributed by atoms with E-state index in [4.69, 9.17) is 0 Å². The SMILES string of the molecule is CC1CN(CC(C)(O)C2CC2)C1. The van der Waals surface area contributed by atoms with Crippen molar-refractivity contribution >= 4 is 0 Å². The molecule has 12 heavy (non-hydrogen) atoms. The van der Waals surface area contributed by atoms with Gasteiger partial charge in [-0.2, -0.15) is 0 Å². The normalized spacial score (nSPS) is 31.2. The van der Waals surface area contributed by atoms with Gasteiger partial charge in [-0.05, 0) is 31.6 Å². The van der Waals surface area contributed by atoms with Gasteiger partial charge in [-0.15, -0.1) is 0 Å². The first kappa shape index (κ1) is 8.52. The highest BCUT2D eigenvalue weighted by Crippen LogP contribution is 2.40. The van der Waals surface area contributed by atoms with E-state index >= 15 is 0 Å². The van der Waals surface area contributed by atoms with E-state index in [-0.39, 0.29) is 0 Å². The molecule has 2 aliphatic rings. The molecule has 0 amide bonds. The average Bonchev–Trinajstić information content (AvgIpc) is 2.63. The molecule has 1 N–H and O–H groups in total. The molecule has 0 aromatic heterocycles. The van der Waals surface area contributed by atoms with Crippen LogP contribution in [0.5, 0.6) is 0 Å². The zero-order valence-electron chi connectivity index (χ0n) is 8.08. The largest absolute Gasteiger partial charge is 0.389 e. The molecule has 1 atom stereocenters. The number of nitrogens with zero attached hydrogens (tertiary/aromatic N) is 1. The molecule has 0 spiro atoms. The number of hydrogen-bond acceptors (Lipinski definition) is 2. The fourth-order valence-electron chi connectivity index (χ4n) is 2.24. The molecule has 1 unspecified atom stereocenters. The van der Waals surface area contributed by atoms with Gasteiger partial charge in [0, 0.05) is 19.6 Å². The molecule has 1 saturated carbocycles. The lowest BCUT2D eigenvalue weighted by Crippen LogP contribution is -2.52. The molecule has 2 fully saturated rings. The lowest BCUT2D eigenvalue weighted by molar-refractivity contribution is -0.0302. The number of aliphatic hydroxyl groups is 1. The Balaban J connectivity index is 1.77. The van der Waals surface area contributed by atoms with Crippen LogP contribution >= 0.6 is 0 Å². The standard InChI is InChI=1S/C10H19NO/c1-8-5-11(6-8)7-10(2,12)9-3-4-9/h8-9,12H,3-7H2,1-2H3. The second-order valence-electron chi connectivity index (χ2n) is 4.93. The molecule has 2 rings (SSSR count). The Labute approximate surface area is 74.6 Å². The van der Waals surface area contributed by atoms with Gasteiger partial charge < -0.3 is 5.11 Å². The minimum absolute atomic E-state index is 0.403. The van der Waals surface area contributed by atoms with Crippen molar-refractivity contribution in [1.29, 1.82) is 0 Å². The minimum atomic E-state index is -0.403. The van der Waals surface area contributed by atoms with Gasteiger partial charge in [0.25, 0.3) is 0 Å². The van der Waals surface area contributed by atoms with Crippen LogP contribution in [0.1, 0.15) is 26.7 Å². The topological polar surface area (TPSA) is 23.5 Å². The Hall–Kier alpha value is -0.0800. The van der Waals surface area contributed by atoms with E-state index in [0.29, 0.717) is 5.92 Å². The zero-order chi connectivity index (χ0) is 8.77. The molecule has 2 heteroatoms. The van der Waals surface area contributed by atoms with Crippen molar-refractivity contribution in [3.63, 3.8) is 0 Å². The van der Waals surface area contributed by atoms with Crippen LogP contribution in [0.25, 0.3) is 0 Å². The highest BCUT2D eigenvalue weighted by atomic mass is 16.3. The first-order chi connectivity index (χ1) is 5.58. The highest BCUT2D eigenvalue weighted by Gasteiger charge is 2.42. The van der Waals surface area contributed by atoms with Crippen molar-refractivity contribution in [2.24, 2.45) is 11.8 Å². The van der Waals surface area contributed by atoms with Crippen LogP contribution in [-0.4, -0.2) is 35.2 Å². The summed E-state index contributed by atoms with van der Waals surface area (Å²) in [6, 6.07) is 0. The van der Waals surface area contributed by atoms with E-state index in [0.717, 1.165) is 12.5 Å². The predicted octanol–water partition coefficient (Wildman–Crippen LogP) is 1.10. The summed E-state index contributed by atoms with van der Waals surface area (Å²) >= 11 is 0. The quantitative estimate of drug-likeness (QED) is 0.684. The minimum Gasteiger partial charge on any atom is -0.389 e. The molecular formula is C10H19NO. The van der Waals surface area contributed by atoms with E-state index < -0.39 is 5.60 Å². The first-order valence-electron chi connectivity index (χ1n) is 5.02. The van der Waals surface area contributed by atoms with Crippen LogP contribution in [0.3, 0.4) is 0 Å². The third kappa shape index (κ3) is 1.64. The Kier molecular flexibility index (Phi) is 1.92. The van der Waals surface area contributed by atoms with Gasteiger partial charge in [-0.1, -0.05) is 6.92 Å². The second-order valence-corrected chi connectivity index (χ2v) is 4.93. The monoisotopic (exact) mass is 169 g/mol. The smallest absolute Gasteiger partial charge is 0.0774 e. The van der Waals surface area contributed by atoms with E-state index in [9.17, 15) is 5.11 Å². The van der Waals surface area contributed by atoms with Crippen LogP contribution in [-0.2, 0) is 0 Å². The summed E-state index contributed by atoms with van der Waals surface area (Å²) in [5, 5.41) is 10.0. The van der Waals surface area contributed by atoms with Crippen LogP contribution < -0.4 is 0 Å². The van der Waals surface area contributed by atoms with Crippen LogP contribution in [0.4, 0.5) is 0 Å². The van der Waals surface area contributed by atoms with Gasteiger partial charge in [0.2, 0.25) is 0 Å². The molecular weight excluding hydrogens is 150 g/mol. The Morgan fingerprint density at radius 3 is 2.42 bits per heavy atom. The average molecular weight is 169 g/mol. The van der Waals surface area contributed by atoms with Gasteiger partial charge >= 0.3 is 0 Å². The molecule has 0 aromatic rings. The van der Waals surface area contributed by atoms with Crippen LogP contribution in [0.2, 0.25) is 0 Å². The summed E-state index contributed by atoms with van der Waals surface area (Å²) in [5.41, 5.74) is -0.403. The number of likely N-dealkylation sites (tertiary alicyclic amines) is 1. The van der Waals surface area contributed by atoms with Crippen molar-refractivity contribution in [2.75, 3.05) is 19.6 Å². The molecule has 1 heterocycles. The molecule has 0 bridgehead atoms. The molecule has 0 aromatic carbocycles. The molecule has 70 valence electrons. The summed E-state index contributed by atoms with van der Waals surface area (Å²) in [7, 11) is 0. The number of rotatable bonds is 3. The molecule has 1 aliphatic carbocycles. The maximum Gasteiger partial charge on any atom is 0.0774 e. The predicted molar refractivity (Wildman–Crippen MR) is 49.0 cm³/mol. The third-order valence-corrected chi connectivity index (χ3v) is 3.14. The van der Waals surface area contributed by atoms with Gasteiger partial charge in [0.1, 0.15) is 0 Å². The molecule has 2 nitrogen and oxygen atoms in total. The van der Waals surface area contributed by atoms with Gasteiger partial charge in [0.05, 0.1) is 5.60 Å². The Morgan fingerprint density at radius 2 is 2.00 bits per heavy atom. The van der Waals surface area contributed by atoms with Crippen molar-refractivity contribution in [2.45, 2.75) is 32.3 Å². The van der Waals surface area contributed by atoms with E-state index in [2.05, 4.69) is 11.8 Å². The highest BCUT2D eigenvalue weighted by molar-refractivity contribution is 4.95. The summed E-state index contributed by atoms with van der Waals surface area (Å²) in [4.78, 5) is 2.36. The lowest BCUT2D eigenvalue weighted by Gasteiger charge is -2.41.